The smallest absolute Gasteiger partial charge is 0.123 e. The zero-order valence-electron chi connectivity index (χ0n) is 11.9. The second-order valence-electron chi connectivity index (χ2n) is 4.87. The van der Waals surface area contributed by atoms with Gasteiger partial charge in [-0.2, -0.15) is 5.10 Å². The molecule has 0 aliphatic rings. The maximum absolute atomic E-state index is 5.42. The fourth-order valence-corrected chi connectivity index (χ4v) is 2.12. The molecule has 0 bridgehead atoms. The molecule has 0 aliphatic carbocycles. The summed E-state index contributed by atoms with van der Waals surface area (Å²) in [7, 11) is 1.71. The SMILES string of the molecule is COc1ccc(C)cc1[C@@H](C)NCc1cn[nH]c1C. The van der Waals surface area contributed by atoms with Crippen LogP contribution in [0, 0.1) is 13.8 Å². The van der Waals surface area contributed by atoms with Crippen LogP contribution in [-0.2, 0) is 6.54 Å². The number of ether oxygens (including phenoxy) is 1. The lowest BCUT2D eigenvalue weighted by Crippen LogP contribution is -2.19. The number of nitrogens with one attached hydrogen (secondary N) is 2. The van der Waals surface area contributed by atoms with E-state index < -0.39 is 0 Å². The van der Waals surface area contributed by atoms with Crippen LogP contribution in [0.4, 0.5) is 0 Å². The van der Waals surface area contributed by atoms with E-state index in [1.807, 2.05) is 19.2 Å². The molecular formula is C15H21N3O. The molecule has 0 amide bonds. The highest BCUT2D eigenvalue weighted by Crippen LogP contribution is 2.26. The first-order valence-electron chi connectivity index (χ1n) is 6.48. The number of H-pyrrole nitrogens is 1. The van der Waals surface area contributed by atoms with Crippen molar-refractivity contribution in [3.05, 3.63) is 46.8 Å². The van der Waals surface area contributed by atoms with Crippen LogP contribution in [0.25, 0.3) is 0 Å². The van der Waals surface area contributed by atoms with E-state index in [0.29, 0.717) is 0 Å². The summed E-state index contributed by atoms with van der Waals surface area (Å²) in [6.45, 7) is 7.06. The Hall–Kier alpha value is -1.81. The lowest BCUT2D eigenvalue weighted by Gasteiger charge is -2.18. The highest BCUT2D eigenvalue weighted by atomic mass is 16.5. The van der Waals surface area contributed by atoms with Gasteiger partial charge in [-0.15, -0.1) is 0 Å². The van der Waals surface area contributed by atoms with Gasteiger partial charge in [-0.25, -0.2) is 0 Å². The molecule has 102 valence electrons. The Morgan fingerprint density at radius 2 is 2.16 bits per heavy atom. The number of nitrogens with zero attached hydrogens (tertiary/aromatic N) is 1. The minimum Gasteiger partial charge on any atom is -0.496 e. The Kier molecular flexibility index (Phi) is 4.22. The van der Waals surface area contributed by atoms with Gasteiger partial charge in [0.1, 0.15) is 5.75 Å². The van der Waals surface area contributed by atoms with Crippen LogP contribution >= 0.6 is 0 Å². The van der Waals surface area contributed by atoms with Gasteiger partial charge in [0.2, 0.25) is 0 Å². The first kappa shape index (κ1) is 13.6. The monoisotopic (exact) mass is 259 g/mol. The average Bonchev–Trinajstić information content (AvgIpc) is 2.81. The summed E-state index contributed by atoms with van der Waals surface area (Å²) >= 11 is 0. The number of aromatic nitrogens is 2. The molecule has 0 fully saturated rings. The van der Waals surface area contributed by atoms with Gasteiger partial charge >= 0.3 is 0 Å². The molecule has 0 radical (unpaired) electrons. The van der Waals surface area contributed by atoms with Crippen molar-refractivity contribution < 1.29 is 4.74 Å². The minimum atomic E-state index is 0.226. The molecule has 1 aromatic heterocycles. The molecule has 0 spiro atoms. The fraction of sp³-hybridized carbons (Fsp3) is 0.400. The van der Waals surface area contributed by atoms with Gasteiger partial charge in [-0.3, -0.25) is 5.10 Å². The maximum Gasteiger partial charge on any atom is 0.123 e. The first-order valence-corrected chi connectivity index (χ1v) is 6.48. The molecule has 2 aromatic rings. The lowest BCUT2D eigenvalue weighted by atomic mass is 10.0. The van der Waals surface area contributed by atoms with Gasteiger partial charge in [0.15, 0.2) is 0 Å². The second kappa shape index (κ2) is 5.89. The number of benzene rings is 1. The number of hydrogen-bond acceptors (Lipinski definition) is 3. The van der Waals surface area contributed by atoms with Crippen LogP contribution in [0.15, 0.2) is 24.4 Å². The largest absolute Gasteiger partial charge is 0.496 e. The third-order valence-corrected chi connectivity index (χ3v) is 3.38. The summed E-state index contributed by atoms with van der Waals surface area (Å²) in [6.07, 6.45) is 1.86. The van der Waals surface area contributed by atoms with E-state index in [1.54, 1.807) is 7.11 Å². The molecule has 2 N–H and O–H groups in total. The quantitative estimate of drug-likeness (QED) is 0.868. The number of methoxy groups -OCH3 is 1. The van der Waals surface area contributed by atoms with E-state index in [4.69, 9.17) is 4.74 Å². The molecule has 19 heavy (non-hydrogen) atoms. The summed E-state index contributed by atoms with van der Waals surface area (Å²) in [6, 6.07) is 6.48. The van der Waals surface area contributed by atoms with E-state index in [9.17, 15) is 0 Å². The predicted molar refractivity (Wildman–Crippen MR) is 76.3 cm³/mol. The topological polar surface area (TPSA) is 49.9 Å². The molecule has 1 heterocycles. The van der Waals surface area contributed by atoms with Crippen molar-refractivity contribution in [3.8, 4) is 5.75 Å². The molecular weight excluding hydrogens is 238 g/mol. The molecule has 1 atom stereocenters. The zero-order chi connectivity index (χ0) is 13.8. The second-order valence-corrected chi connectivity index (χ2v) is 4.87. The van der Waals surface area contributed by atoms with Crippen molar-refractivity contribution in [1.82, 2.24) is 15.5 Å². The Balaban J connectivity index is 2.09. The Morgan fingerprint density at radius 3 is 2.79 bits per heavy atom. The lowest BCUT2D eigenvalue weighted by molar-refractivity contribution is 0.401. The van der Waals surface area contributed by atoms with Crippen molar-refractivity contribution in [2.45, 2.75) is 33.4 Å². The van der Waals surface area contributed by atoms with Crippen molar-refractivity contribution in [3.63, 3.8) is 0 Å². The van der Waals surface area contributed by atoms with Crippen molar-refractivity contribution in [1.29, 1.82) is 0 Å². The Morgan fingerprint density at radius 1 is 1.37 bits per heavy atom. The number of hydrogen-bond donors (Lipinski definition) is 2. The number of rotatable bonds is 5. The van der Waals surface area contributed by atoms with Crippen LogP contribution in [-0.4, -0.2) is 17.3 Å². The summed E-state index contributed by atoms with van der Waals surface area (Å²) < 4.78 is 5.42. The van der Waals surface area contributed by atoms with Crippen LogP contribution < -0.4 is 10.1 Å². The van der Waals surface area contributed by atoms with Crippen LogP contribution in [0.1, 0.15) is 35.3 Å². The fourth-order valence-electron chi connectivity index (χ4n) is 2.12. The predicted octanol–water partition coefficient (Wildman–Crippen LogP) is 2.89. The van der Waals surface area contributed by atoms with Gasteiger partial charge in [0, 0.05) is 29.4 Å². The van der Waals surface area contributed by atoms with Crippen LogP contribution in [0.2, 0.25) is 0 Å². The molecule has 1 aromatic carbocycles. The summed E-state index contributed by atoms with van der Waals surface area (Å²) in [5, 5.41) is 10.5. The van der Waals surface area contributed by atoms with Crippen LogP contribution in [0.5, 0.6) is 5.75 Å². The van der Waals surface area contributed by atoms with Gasteiger partial charge in [-0.05, 0) is 26.8 Å². The van der Waals surface area contributed by atoms with E-state index >= 15 is 0 Å². The normalized spacial score (nSPS) is 12.4. The van der Waals surface area contributed by atoms with Gasteiger partial charge in [0.05, 0.1) is 13.3 Å². The van der Waals surface area contributed by atoms with Gasteiger partial charge in [0.25, 0.3) is 0 Å². The van der Waals surface area contributed by atoms with Crippen molar-refractivity contribution in [2.75, 3.05) is 7.11 Å². The zero-order valence-corrected chi connectivity index (χ0v) is 11.9. The molecule has 0 aliphatic heterocycles. The Labute approximate surface area is 114 Å². The van der Waals surface area contributed by atoms with Crippen molar-refractivity contribution >= 4 is 0 Å². The molecule has 0 saturated carbocycles. The molecule has 0 unspecified atom stereocenters. The molecule has 4 nitrogen and oxygen atoms in total. The van der Waals surface area contributed by atoms with Crippen LogP contribution in [0.3, 0.4) is 0 Å². The van der Waals surface area contributed by atoms with E-state index in [-0.39, 0.29) is 6.04 Å². The molecule has 2 rings (SSSR count). The molecule has 0 saturated heterocycles. The van der Waals surface area contributed by atoms with Crippen molar-refractivity contribution in [2.24, 2.45) is 0 Å². The summed E-state index contributed by atoms with van der Waals surface area (Å²) in [5.41, 5.74) is 4.72. The standard InChI is InChI=1S/C15H21N3O/c1-10-5-6-15(19-4)14(7-10)12(3)16-8-13-9-17-18-11(13)2/h5-7,9,12,16H,8H2,1-4H3,(H,17,18)/t12-/m1/s1. The minimum absolute atomic E-state index is 0.226. The Bertz CT molecular complexity index is 548. The van der Waals surface area contributed by atoms with Gasteiger partial charge < -0.3 is 10.1 Å². The maximum atomic E-state index is 5.42. The molecule has 4 heteroatoms. The van der Waals surface area contributed by atoms with E-state index in [1.165, 1.54) is 16.7 Å². The third kappa shape index (κ3) is 3.15. The number of aryl methyl sites for hydroxylation is 2. The van der Waals surface area contributed by atoms with E-state index in [0.717, 1.165) is 18.0 Å². The average molecular weight is 259 g/mol. The first-order chi connectivity index (χ1) is 9.11. The van der Waals surface area contributed by atoms with Gasteiger partial charge in [-0.1, -0.05) is 17.7 Å². The third-order valence-electron chi connectivity index (χ3n) is 3.38. The highest BCUT2D eigenvalue weighted by molar-refractivity contribution is 5.38. The summed E-state index contributed by atoms with van der Waals surface area (Å²) in [4.78, 5) is 0. The highest BCUT2D eigenvalue weighted by Gasteiger charge is 2.12. The summed E-state index contributed by atoms with van der Waals surface area (Å²) in [5.74, 6) is 0.925. The van der Waals surface area contributed by atoms with E-state index in [2.05, 4.69) is 41.5 Å². The number of aromatic amines is 1.